The molecular formula is C18H15F2N3O2. The van der Waals surface area contributed by atoms with Crippen LogP contribution in [-0.4, -0.2) is 34.6 Å². The predicted octanol–water partition coefficient (Wildman–Crippen LogP) is 3.56. The van der Waals surface area contributed by atoms with Gasteiger partial charge in [-0.1, -0.05) is 6.07 Å². The van der Waals surface area contributed by atoms with E-state index in [2.05, 4.69) is 9.97 Å². The second-order valence-electron chi connectivity index (χ2n) is 5.90. The van der Waals surface area contributed by atoms with Crippen LogP contribution in [0.3, 0.4) is 0 Å². The van der Waals surface area contributed by atoms with Crippen LogP contribution < -0.4 is 0 Å². The Hall–Kier alpha value is -2.96. The Morgan fingerprint density at radius 2 is 2.20 bits per heavy atom. The molecular weight excluding hydrogens is 328 g/mol. The molecule has 128 valence electrons. The van der Waals surface area contributed by atoms with Gasteiger partial charge in [0.2, 0.25) is 0 Å². The highest BCUT2D eigenvalue weighted by Crippen LogP contribution is 2.39. The maximum absolute atomic E-state index is 14.5. The molecule has 0 saturated carbocycles. The van der Waals surface area contributed by atoms with E-state index in [9.17, 15) is 13.6 Å². The second-order valence-corrected chi connectivity index (χ2v) is 5.90. The zero-order valence-corrected chi connectivity index (χ0v) is 13.4. The van der Waals surface area contributed by atoms with E-state index in [1.54, 1.807) is 6.20 Å². The fraction of sp³-hybridized carbons (Fsp3) is 0.222. The predicted molar refractivity (Wildman–Crippen MR) is 87.1 cm³/mol. The molecule has 1 aromatic carbocycles. The number of benzene rings is 1. The van der Waals surface area contributed by atoms with Crippen molar-refractivity contribution in [1.82, 2.24) is 14.9 Å². The Morgan fingerprint density at radius 1 is 1.36 bits per heavy atom. The molecule has 4 rings (SSSR count). The zero-order chi connectivity index (χ0) is 17.6. The van der Waals surface area contributed by atoms with Crippen molar-refractivity contribution in [2.75, 3.05) is 13.7 Å². The number of aromatic nitrogens is 2. The summed E-state index contributed by atoms with van der Waals surface area (Å²) in [5, 5.41) is 0.939. The van der Waals surface area contributed by atoms with Crippen LogP contribution in [0, 0.1) is 11.6 Å². The normalized spacial score (nSPS) is 16.8. The van der Waals surface area contributed by atoms with Crippen molar-refractivity contribution >= 4 is 17.1 Å². The van der Waals surface area contributed by atoms with Crippen molar-refractivity contribution in [2.24, 2.45) is 0 Å². The molecule has 3 aromatic rings. The minimum atomic E-state index is -0.731. The van der Waals surface area contributed by atoms with Gasteiger partial charge in [-0.3, -0.25) is 4.90 Å². The fourth-order valence-corrected chi connectivity index (χ4v) is 3.48. The third-order valence-corrected chi connectivity index (χ3v) is 4.57. The number of halogens is 2. The van der Waals surface area contributed by atoms with Crippen molar-refractivity contribution in [1.29, 1.82) is 0 Å². The molecule has 0 spiro atoms. The molecule has 0 bridgehead atoms. The van der Waals surface area contributed by atoms with E-state index in [-0.39, 0.29) is 5.56 Å². The van der Waals surface area contributed by atoms with E-state index in [1.165, 1.54) is 24.1 Å². The number of nitrogens with zero attached hydrogens (tertiary/aromatic N) is 2. The minimum Gasteiger partial charge on any atom is -0.453 e. The number of ether oxygens (including phenoxy) is 1. The van der Waals surface area contributed by atoms with Gasteiger partial charge in [-0.2, -0.15) is 0 Å². The SMILES string of the molecule is COC(=O)N1CCc2c([nH]c3ncccc23)C1c1ccc(F)cc1F. The molecule has 1 unspecified atom stereocenters. The van der Waals surface area contributed by atoms with Crippen LogP contribution in [0.1, 0.15) is 22.9 Å². The van der Waals surface area contributed by atoms with Gasteiger partial charge in [0.1, 0.15) is 23.3 Å². The summed E-state index contributed by atoms with van der Waals surface area (Å²) in [6.07, 6.45) is 1.69. The maximum Gasteiger partial charge on any atom is 0.410 e. The molecule has 1 amide bonds. The van der Waals surface area contributed by atoms with E-state index < -0.39 is 23.8 Å². The number of H-pyrrole nitrogens is 1. The van der Waals surface area contributed by atoms with E-state index in [1.807, 2.05) is 12.1 Å². The number of hydrogen-bond donors (Lipinski definition) is 1. The first kappa shape index (κ1) is 15.6. The number of fused-ring (bicyclic) bond motifs is 3. The van der Waals surface area contributed by atoms with E-state index >= 15 is 0 Å². The molecule has 5 nitrogen and oxygen atoms in total. The lowest BCUT2D eigenvalue weighted by Crippen LogP contribution is -2.40. The molecule has 0 aliphatic carbocycles. The molecule has 2 aromatic heterocycles. The van der Waals surface area contributed by atoms with Crippen molar-refractivity contribution in [3.63, 3.8) is 0 Å². The average molecular weight is 343 g/mol. The van der Waals surface area contributed by atoms with Gasteiger partial charge < -0.3 is 9.72 Å². The molecule has 0 saturated heterocycles. The molecule has 1 aliphatic heterocycles. The average Bonchev–Trinajstić information content (AvgIpc) is 2.99. The number of methoxy groups -OCH3 is 1. The summed E-state index contributed by atoms with van der Waals surface area (Å²) in [7, 11) is 1.28. The molecule has 7 heteroatoms. The highest BCUT2D eigenvalue weighted by molar-refractivity contribution is 5.83. The number of pyridine rings is 1. The number of carbonyl (C=O) groups is 1. The quantitative estimate of drug-likeness (QED) is 0.735. The van der Waals surface area contributed by atoms with Crippen LogP contribution in [-0.2, 0) is 11.2 Å². The van der Waals surface area contributed by atoms with Crippen molar-refractivity contribution in [2.45, 2.75) is 12.5 Å². The zero-order valence-electron chi connectivity index (χ0n) is 13.4. The maximum atomic E-state index is 14.5. The second kappa shape index (κ2) is 5.84. The summed E-state index contributed by atoms with van der Waals surface area (Å²) >= 11 is 0. The van der Waals surface area contributed by atoms with Crippen molar-refractivity contribution in [3.8, 4) is 0 Å². The van der Waals surface area contributed by atoms with Crippen LogP contribution in [0.25, 0.3) is 11.0 Å². The summed E-state index contributed by atoms with van der Waals surface area (Å²) in [5.74, 6) is -1.38. The van der Waals surface area contributed by atoms with E-state index in [4.69, 9.17) is 4.74 Å². The Balaban J connectivity index is 1.94. The first-order valence-electron chi connectivity index (χ1n) is 7.85. The summed E-state index contributed by atoms with van der Waals surface area (Å²) in [6.45, 7) is 0.364. The highest BCUT2D eigenvalue weighted by atomic mass is 19.1. The molecule has 1 atom stereocenters. The summed E-state index contributed by atoms with van der Waals surface area (Å²) < 4.78 is 32.7. The minimum absolute atomic E-state index is 0.208. The lowest BCUT2D eigenvalue weighted by Gasteiger charge is -2.35. The number of aromatic amines is 1. The molecule has 1 N–H and O–H groups in total. The Morgan fingerprint density at radius 3 is 2.96 bits per heavy atom. The molecule has 0 fully saturated rings. The molecule has 0 radical (unpaired) electrons. The summed E-state index contributed by atoms with van der Waals surface area (Å²) in [4.78, 5) is 21.2. The monoisotopic (exact) mass is 343 g/mol. The fourth-order valence-electron chi connectivity index (χ4n) is 3.48. The van der Waals surface area contributed by atoms with Crippen LogP contribution in [0.2, 0.25) is 0 Å². The van der Waals surface area contributed by atoms with Gasteiger partial charge >= 0.3 is 6.09 Å². The van der Waals surface area contributed by atoms with Gasteiger partial charge in [0.25, 0.3) is 0 Å². The van der Waals surface area contributed by atoms with Gasteiger partial charge in [-0.15, -0.1) is 0 Å². The van der Waals surface area contributed by atoms with Crippen LogP contribution >= 0.6 is 0 Å². The first-order valence-corrected chi connectivity index (χ1v) is 7.85. The standard InChI is InChI=1S/C18H15F2N3O2/c1-25-18(24)23-8-6-11-12-3-2-7-21-17(12)22-15(11)16(23)13-5-4-10(19)9-14(13)20/h2-5,7,9,16H,6,8H2,1H3,(H,21,22). The number of nitrogens with one attached hydrogen (secondary N) is 1. The van der Waals surface area contributed by atoms with Gasteiger partial charge in [-0.25, -0.2) is 18.6 Å². The largest absolute Gasteiger partial charge is 0.453 e. The van der Waals surface area contributed by atoms with Gasteiger partial charge in [0.15, 0.2) is 0 Å². The van der Waals surface area contributed by atoms with E-state index in [0.29, 0.717) is 24.3 Å². The third kappa shape index (κ3) is 2.43. The molecule has 25 heavy (non-hydrogen) atoms. The topological polar surface area (TPSA) is 58.2 Å². The summed E-state index contributed by atoms with van der Waals surface area (Å²) in [6, 6.07) is 6.40. The number of rotatable bonds is 1. The van der Waals surface area contributed by atoms with Crippen molar-refractivity contribution < 1.29 is 18.3 Å². The smallest absolute Gasteiger partial charge is 0.410 e. The van der Waals surface area contributed by atoms with Gasteiger partial charge in [-0.05, 0) is 30.2 Å². The lowest BCUT2D eigenvalue weighted by atomic mass is 9.92. The van der Waals surface area contributed by atoms with Gasteiger partial charge in [0, 0.05) is 35.5 Å². The molecule has 1 aliphatic rings. The number of carbonyl (C=O) groups excluding carboxylic acids is 1. The molecule has 3 heterocycles. The van der Waals surface area contributed by atoms with E-state index in [0.717, 1.165) is 17.0 Å². The summed E-state index contributed by atoms with van der Waals surface area (Å²) in [5.41, 5.74) is 2.54. The number of hydrogen-bond acceptors (Lipinski definition) is 3. The van der Waals surface area contributed by atoms with Crippen LogP contribution in [0.5, 0.6) is 0 Å². The lowest BCUT2D eigenvalue weighted by molar-refractivity contribution is 0.107. The Bertz CT molecular complexity index is 970. The first-order chi connectivity index (χ1) is 12.1. The highest BCUT2D eigenvalue weighted by Gasteiger charge is 2.36. The Kier molecular flexibility index (Phi) is 3.63. The van der Waals surface area contributed by atoms with Crippen molar-refractivity contribution in [3.05, 3.63) is 65.0 Å². The van der Waals surface area contributed by atoms with Crippen LogP contribution in [0.15, 0.2) is 36.5 Å². The van der Waals surface area contributed by atoms with Crippen LogP contribution in [0.4, 0.5) is 13.6 Å². The van der Waals surface area contributed by atoms with Gasteiger partial charge in [0.05, 0.1) is 7.11 Å². The number of amides is 1. The Labute approximate surface area is 142 Å². The third-order valence-electron chi connectivity index (χ3n) is 4.57.